The van der Waals surface area contributed by atoms with E-state index in [1.165, 1.54) is 6.20 Å². The number of aromatic nitrogens is 4. The molecule has 1 saturated carbocycles. The van der Waals surface area contributed by atoms with Crippen LogP contribution in [-0.4, -0.2) is 38.9 Å². The number of alkyl halides is 3. The predicted molar refractivity (Wildman–Crippen MR) is 92.5 cm³/mol. The van der Waals surface area contributed by atoms with Crippen LogP contribution in [0.15, 0.2) is 30.7 Å². The second-order valence-corrected chi connectivity index (χ2v) is 6.80. The molecule has 1 aliphatic carbocycles. The van der Waals surface area contributed by atoms with Crippen LogP contribution in [0, 0.1) is 5.82 Å². The van der Waals surface area contributed by atoms with Crippen molar-refractivity contribution in [1.29, 1.82) is 0 Å². The summed E-state index contributed by atoms with van der Waals surface area (Å²) in [5.41, 5.74) is 1.29. The quantitative estimate of drug-likeness (QED) is 0.479. The lowest BCUT2D eigenvalue weighted by atomic mass is 10.1. The summed E-state index contributed by atoms with van der Waals surface area (Å²) in [5.74, 6) is -1.70. The summed E-state index contributed by atoms with van der Waals surface area (Å²) in [6.45, 7) is -1.47. The molecule has 0 atom stereocenters. The van der Waals surface area contributed by atoms with E-state index in [2.05, 4.69) is 25.1 Å². The Labute approximate surface area is 161 Å². The zero-order valence-electron chi connectivity index (χ0n) is 14.9. The molecule has 1 amide bonds. The van der Waals surface area contributed by atoms with Crippen molar-refractivity contribution in [2.45, 2.75) is 31.1 Å². The minimum Gasteiger partial charge on any atom is -0.466 e. The van der Waals surface area contributed by atoms with Gasteiger partial charge in [-0.1, -0.05) is 0 Å². The molecule has 1 fully saturated rings. The van der Waals surface area contributed by atoms with Gasteiger partial charge in [0.1, 0.15) is 0 Å². The first kappa shape index (κ1) is 19.1. The molecule has 1 N–H and O–H groups in total. The molecule has 29 heavy (non-hydrogen) atoms. The highest BCUT2D eigenvalue weighted by Crippen LogP contribution is 2.46. The van der Waals surface area contributed by atoms with Crippen LogP contribution in [0.2, 0.25) is 0 Å². The second kappa shape index (κ2) is 6.98. The third-order valence-electron chi connectivity index (χ3n) is 4.60. The van der Waals surface area contributed by atoms with Gasteiger partial charge in [-0.05, 0) is 30.5 Å². The van der Waals surface area contributed by atoms with Crippen molar-refractivity contribution < 1.29 is 27.1 Å². The molecule has 0 aliphatic heterocycles. The standard InChI is InChI=1S/C18H15F4N5O2/c19-13-5-11(6-24-16(13)29-9-18(20,21)22)7-27-8-12-14(26-27)1-4-23-15(12)17(2-3-17)25-10-28/h1,4-6,8,10H,2-3,7,9H2,(H,25,28). The molecule has 11 heteroatoms. The van der Waals surface area contributed by atoms with E-state index in [9.17, 15) is 22.4 Å². The minimum atomic E-state index is -4.58. The summed E-state index contributed by atoms with van der Waals surface area (Å²) in [4.78, 5) is 18.9. The van der Waals surface area contributed by atoms with E-state index >= 15 is 0 Å². The van der Waals surface area contributed by atoms with E-state index in [4.69, 9.17) is 0 Å². The average molecular weight is 409 g/mol. The maximum absolute atomic E-state index is 14.0. The second-order valence-electron chi connectivity index (χ2n) is 6.80. The summed E-state index contributed by atoms with van der Waals surface area (Å²) in [7, 11) is 0. The van der Waals surface area contributed by atoms with Gasteiger partial charge in [0.25, 0.3) is 5.88 Å². The molecule has 7 nitrogen and oxygen atoms in total. The molecule has 3 heterocycles. The van der Waals surface area contributed by atoms with Gasteiger partial charge in [0, 0.05) is 24.0 Å². The number of ether oxygens (including phenoxy) is 1. The van der Waals surface area contributed by atoms with Crippen molar-refractivity contribution in [1.82, 2.24) is 25.1 Å². The highest BCUT2D eigenvalue weighted by Gasteiger charge is 2.46. The van der Waals surface area contributed by atoms with Gasteiger partial charge in [0.2, 0.25) is 6.41 Å². The highest BCUT2D eigenvalue weighted by molar-refractivity contribution is 5.82. The van der Waals surface area contributed by atoms with Crippen LogP contribution < -0.4 is 10.1 Å². The van der Waals surface area contributed by atoms with Crippen molar-refractivity contribution in [3.05, 3.63) is 47.8 Å². The monoisotopic (exact) mass is 409 g/mol. The molecule has 0 spiro atoms. The van der Waals surface area contributed by atoms with Crippen molar-refractivity contribution in [3.8, 4) is 5.88 Å². The van der Waals surface area contributed by atoms with Gasteiger partial charge in [-0.2, -0.15) is 18.3 Å². The fourth-order valence-electron chi connectivity index (χ4n) is 3.14. The number of carbonyl (C=O) groups excluding carboxylic acids is 1. The van der Waals surface area contributed by atoms with E-state index in [1.807, 2.05) is 0 Å². The molecular weight excluding hydrogens is 394 g/mol. The minimum absolute atomic E-state index is 0.145. The molecule has 0 aromatic carbocycles. The number of fused-ring (bicyclic) bond motifs is 1. The molecule has 152 valence electrons. The first-order valence-electron chi connectivity index (χ1n) is 8.68. The van der Waals surface area contributed by atoms with Gasteiger partial charge >= 0.3 is 6.18 Å². The number of hydrogen-bond acceptors (Lipinski definition) is 5. The van der Waals surface area contributed by atoms with Crippen LogP contribution in [0.5, 0.6) is 5.88 Å². The molecule has 0 unspecified atom stereocenters. The topological polar surface area (TPSA) is 81.9 Å². The first-order chi connectivity index (χ1) is 13.8. The van der Waals surface area contributed by atoms with Crippen molar-refractivity contribution in [2.24, 2.45) is 0 Å². The van der Waals surface area contributed by atoms with E-state index in [0.29, 0.717) is 23.2 Å². The number of rotatable bonds is 7. The molecule has 0 radical (unpaired) electrons. The van der Waals surface area contributed by atoms with Crippen molar-refractivity contribution >= 4 is 17.3 Å². The zero-order valence-corrected chi connectivity index (χ0v) is 14.9. The molecular formula is C18H15F4N5O2. The Morgan fingerprint density at radius 1 is 1.31 bits per heavy atom. The van der Waals surface area contributed by atoms with Crippen LogP contribution in [0.1, 0.15) is 24.1 Å². The number of nitrogens with zero attached hydrogens (tertiary/aromatic N) is 4. The van der Waals surface area contributed by atoms with E-state index < -0.39 is 30.0 Å². The van der Waals surface area contributed by atoms with Crippen LogP contribution in [-0.2, 0) is 16.9 Å². The summed E-state index contributed by atoms with van der Waals surface area (Å²) in [6, 6.07) is 2.78. The lowest BCUT2D eigenvalue weighted by Crippen LogP contribution is -2.28. The molecule has 1 aliphatic rings. The van der Waals surface area contributed by atoms with E-state index in [-0.39, 0.29) is 6.54 Å². The fraction of sp³-hybridized carbons (Fsp3) is 0.333. The largest absolute Gasteiger partial charge is 0.466 e. The summed E-state index contributed by atoms with van der Waals surface area (Å²) in [6.07, 6.45) is 2.19. The summed E-state index contributed by atoms with van der Waals surface area (Å²) in [5, 5.41) is 7.99. The maximum Gasteiger partial charge on any atom is 0.422 e. The van der Waals surface area contributed by atoms with Crippen LogP contribution in [0.25, 0.3) is 10.9 Å². The Morgan fingerprint density at radius 3 is 2.76 bits per heavy atom. The fourth-order valence-corrected chi connectivity index (χ4v) is 3.14. The third-order valence-corrected chi connectivity index (χ3v) is 4.60. The first-order valence-corrected chi connectivity index (χ1v) is 8.68. The normalized spacial score (nSPS) is 15.3. The van der Waals surface area contributed by atoms with Crippen LogP contribution in [0.3, 0.4) is 0 Å². The molecule has 3 aromatic heterocycles. The van der Waals surface area contributed by atoms with Gasteiger partial charge < -0.3 is 10.1 Å². The Morgan fingerprint density at radius 2 is 2.10 bits per heavy atom. The highest BCUT2D eigenvalue weighted by atomic mass is 19.4. The Kier molecular flexibility index (Phi) is 4.59. The van der Waals surface area contributed by atoms with Crippen molar-refractivity contribution in [3.63, 3.8) is 0 Å². The summed E-state index contributed by atoms with van der Waals surface area (Å²) < 4.78 is 56.5. The van der Waals surface area contributed by atoms with E-state index in [1.54, 1.807) is 23.1 Å². The van der Waals surface area contributed by atoms with Crippen LogP contribution in [0.4, 0.5) is 17.6 Å². The summed E-state index contributed by atoms with van der Waals surface area (Å²) >= 11 is 0. The lowest BCUT2D eigenvalue weighted by molar-refractivity contribution is -0.154. The maximum atomic E-state index is 14.0. The SMILES string of the molecule is O=CNC1(c2nccc3nn(Cc4cnc(OCC(F)(F)F)c(F)c4)cc23)CC1. The number of hydrogen-bond donors (Lipinski definition) is 1. The average Bonchev–Trinajstić information content (AvgIpc) is 3.31. The predicted octanol–water partition coefficient (Wildman–Crippen LogP) is 2.69. The smallest absolute Gasteiger partial charge is 0.422 e. The van der Waals surface area contributed by atoms with Gasteiger partial charge in [-0.25, -0.2) is 9.37 Å². The number of amides is 1. The Hall–Kier alpha value is -3.24. The zero-order chi connectivity index (χ0) is 20.6. The Bertz CT molecular complexity index is 1060. The Balaban J connectivity index is 1.56. The third kappa shape index (κ3) is 3.98. The van der Waals surface area contributed by atoms with Gasteiger partial charge in [0.05, 0.1) is 23.3 Å². The number of nitrogens with one attached hydrogen (secondary N) is 1. The van der Waals surface area contributed by atoms with Gasteiger partial charge in [-0.3, -0.25) is 14.5 Å². The molecule has 0 bridgehead atoms. The van der Waals surface area contributed by atoms with E-state index in [0.717, 1.165) is 24.3 Å². The van der Waals surface area contributed by atoms with Crippen molar-refractivity contribution in [2.75, 3.05) is 6.61 Å². The van der Waals surface area contributed by atoms with Gasteiger partial charge in [0.15, 0.2) is 12.4 Å². The number of pyridine rings is 2. The molecule has 0 saturated heterocycles. The van der Waals surface area contributed by atoms with Crippen LogP contribution >= 0.6 is 0 Å². The molecule has 4 rings (SSSR count). The number of carbonyl (C=O) groups is 1. The van der Waals surface area contributed by atoms with Gasteiger partial charge in [-0.15, -0.1) is 0 Å². The number of halogens is 4. The molecule has 3 aromatic rings. The lowest BCUT2D eigenvalue weighted by Gasteiger charge is -2.13.